The highest BCUT2D eigenvalue weighted by Gasteiger charge is 2.59. The third-order valence-electron chi connectivity index (χ3n) is 12.4. The second kappa shape index (κ2) is 22.0. The number of rotatable bonds is 26. The van der Waals surface area contributed by atoms with Crippen LogP contribution in [0.5, 0.6) is 23.0 Å². The zero-order chi connectivity index (χ0) is 44.9. The fourth-order valence-electron chi connectivity index (χ4n) is 9.59. The van der Waals surface area contributed by atoms with Crippen LogP contribution < -0.4 is 18.9 Å². The lowest BCUT2D eigenvalue weighted by Gasteiger charge is -2.63. The van der Waals surface area contributed by atoms with Crippen LogP contribution in [0.25, 0.3) is 0 Å². The molecule has 0 heterocycles. The summed E-state index contributed by atoms with van der Waals surface area (Å²) in [7, 11) is 0. The van der Waals surface area contributed by atoms with Crippen molar-refractivity contribution in [3.63, 3.8) is 0 Å². The molecular weight excluding hydrogens is 793 g/mol. The zero-order valence-electron chi connectivity index (χ0n) is 36.9. The molecule has 4 fully saturated rings. The highest BCUT2D eigenvalue weighted by molar-refractivity contribution is 5.82. The van der Waals surface area contributed by atoms with Crippen molar-refractivity contribution >= 4 is 23.9 Å². The Morgan fingerprint density at radius 1 is 0.532 bits per heavy atom. The molecule has 62 heavy (non-hydrogen) atoms. The van der Waals surface area contributed by atoms with Crippen molar-refractivity contribution in [2.45, 2.75) is 127 Å². The van der Waals surface area contributed by atoms with Crippen LogP contribution in [0.4, 0.5) is 0 Å². The molecule has 12 nitrogen and oxygen atoms in total. The fraction of sp³-hybridized carbons (Fsp3) is 0.520. The van der Waals surface area contributed by atoms with E-state index in [1.807, 2.05) is 39.8 Å². The second-order valence-corrected chi connectivity index (χ2v) is 16.8. The first-order valence-electron chi connectivity index (χ1n) is 22.0. The number of carbonyl (C=O) groups excluding carboxylic acids is 4. The van der Waals surface area contributed by atoms with Crippen molar-refractivity contribution < 1.29 is 57.1 Å². The van der Waals surface area contributed by atoms with Crippen LogP contribution in [0.1, 0.15) is 103 Å². The van der Waals surface area contributed by atoms with Gasteiger partial charge in [0.1, 0.15) is 73.8 Å². The van der Waals surface area contributed by atoms with Gasteiger partial charge in [-0.15, -0.1) is 0 Å². The summed E-state index contributed by atoms with van der Waals surface area (Å²) in [6, 6.07) is 12.1. The van der Waals surface area contributed by atoms with Gasteiger partial charge in [-0.2, -0.15) is 0 Å². The third-order valence-corrected chi connectivity index (χ3v) is 12.4. The highest BCUT2D eigenvalue weighted by Crippen LogP contribution is 2.67. The van der Waals surface area contributed by atoms with E-state index in [1.54, 1.807) is 0 Å². The van der Waals surface area contributed by atoms with Gasteiger partial charge >= 0.3 is 23.9 Å². The number of hydrogen-bond donors (Lipinski definition) is 0. The standard InChI is InChI=1S/C50H64O12/c1-9-37(30-57-45(51)13-5)59-43-20-36(21-44(23-43)60-38(10-2)31-58-46(52)14-6)50-26-33-17-34(27-50)25-49(24-33,32-50)35-18-41(55-28-39(11-3)61-47(53)15-7)22-42(19-35)56-29-40(12-4)62-48(54)16-8/h13-16,18-23,33-34,37-40H,5-12,17,24-32H2,1-4H3. The van der Waals surface area contributed by atoms with Gasteiger partial charge in [0.2, 0.25) is 0 Å². The lowest BCUT2D eigenvalue weighted by molar-refractivity contribution is -0.145. The SMILES string of the molecule is C=CC(=O)OCC(CC)Oc1cc(OC(CC)COC(=O)C=C)cc(C23CC4CC(CC(c5cc(OCC(CC)OC(=O)C=C)cc(OCC(CC)OC(=O)C=C)c5)(C4)C2)C3)c1. The molecule has 4 saturated carbocycles. The third kappa shape index (κ3) is 12.3. The molecule has 0 radical (unpaired) electrons. The van der Waals surface area contributed by atoms with Crippen LogP contribution in [0, 0.1) is 11.8 Å². The molecule has 2 aromatic carbocycles. The normalized spacial score (nSPS) is 22.7. The van der Waals surface area contributed by atoms with Crippen molar-refractivity contribution in [1.82, 2.24) is 0 Å². The molecule has 0 spiro atoms. The van der Waals surface area contributed by atoms with Gasteiger partial charge in [-0.25, -0.2) is 19.2 Å². The molecule has 4 bridgehead atoms. The summed E-state index contributed by atoms with van der Waals surface area (Å²) >= 11 is 0. The van der Waals surface area contributed by atoms with Crippen LogP contribution in [0.2, 0.25) is 0 Å². The van der Waals surface area contributed by atoms with E-state index < -0.39 is 48.3 Å². The Morgan fingerprint density at radius 3 is 1.24 bits per heavy atom. The van der Waals surface area contributed by atoms with Gasteiger partial charge in [0.05, 0.1) is 0 Å². The summed E-state index contributed by atoms with van der Waals surface area (Å²) in [5.74, 6) is 1.21. The van der Waals surface area contributed by atoms with Gasteiger partial charge in [-0.1, -0.05) is 54.0 Å². The number of ether oxygens (including phenoxy) is 8. The molecule has 4 aliphatic carbocycles. The zero-order valence-corrected chi connectivity index (χ0v) is 36.9. The minimum absolute atomic E-state index is 0.0590. The number of hydrogen-bond acceptors (Lipinski definition) is 12. The monoisotopic (exact) mass is 856 g/mol. The number of esters is 4. The molecule has 6 rings (SSSR count). The van der Waals surface area contributed by atoms with Gasteiger partial charge < -0.3 is 37.9 Å². The fourth-order valence-corrected chi connectivity index (χ4v) is 9.59. The lowest BCUT2D eigenvalue weighted by Crippen LogP contribution is -2.56. The summed E-state index contributed by atoms with van der Waals surface area (Å²) < 4.78 is 47.7. The van der Waals surface area contributed by atoms with Crippen LogP contribution in [-0.4, -0.2) is 74.7 Å². The van der Waals surface area contributed by atoms with E-state index in [-0.39, 0.29) is 37.3 Å². The molecule has 336 valence electrons. The molecule has 4 aliphatic rings. The molecule has 6 unspecified atom stereocenters. The van der Waals surface area contributed by atoms with Crippen LogP contribution >= 0.6 is 0 Å². The Hall–Kier alpha value is -5.52. The highest BCUT2D eigenvalue weighted by atomic mass is 16.6. The Morgan fingerprint density at radius 2 is 0.887 bits per heavy atom. The topological polar surface area (TPSA) is 142 Å². The van der Waals surface area contributed by atoms with Gasteiger partial charge in [0.15, 0.2) is 0 Å². The first-order chi connectivity index (χ1) is 29.8. The lowest BCUT2D eigenvalue weighted by atomic mass is 9.41. The maximum absolute atomic E-state index is 12.1. The van der Waals surface area contributed by atoms with Crippen molar-refractivity contribution in [3.8, 4) is 23.0 Å². The van der Waals surface area contributed by atoms with Crippen LogP contribution in [-0.2, 0) is 49.0 Å². The smallest absolute Gasteiger partial charge is 0.330 e. The van der Waals surface area contributed by atoms with Crippen molar-refractivity contribution in [1.29, 1.82) is 0 Å². The molecule has 0 aromatic heterocycles. The van der Waals surface area contributed by atoms with Crippen molar-refractivity contribution in [2.24, 2.45) is 11.8 Å². The average molecular weight is 857 g/mol. The largest absolute Gasteiger partial charge is 0.490 e. The Kier molecular flexibility index (Phi) is 16.9. The molecule has 0 N–H and O–H groups in total. The quantitative estimate of drug-likeness (QED) is 0.0506. The predicted molar refractivity (Wildman–Crippen MR) is 234 cm³/mol. The van der Waals surface area contributed by atoms with E-state index in [1.165, 1.54) is 0 Å². The summed E-state index contributed by atoms with van der Waals surface area (Å²) in [4.78, 5) is 48.1. The van der Waals surface area contributed by atoms with E-state index >= 15 is 0 Å². The summed E-state index contributed by atoms with van der Waals surface area (Å²) in [5, 5.41) is 0. The van der Waals surface area contributed by atoms with Gasteiger partial charge in [-0.05, 0) is 122 Å². The Labute approximate surface area is 366 Å². The van der Waals surface area contributed by atoms with E-state index in [9.17, 15) is 19.2 Å². The molecule has 0 aliphatic heterocycles. The summed E-state index contributed by atoms with van der Waals surface area (Å²) in [6.45, 7) is 22.3. The molecule has 0 amide bonds. The van der Waals surface area contributed by atoms with Crippen molar-refractivity contribution in [3.05, 3.63) is 98.1 Å². The van der Waals surface area contributed by atoms with E-state index in [0.717, 1.165) is 74.0 Å². The van der Waals surface area contributed by atoms with E-state index in [2.05, 4.69) is 50.6 Å². The maximum Gasteiger partial charge on any atom is 0.330 e. The second-order valence-electron chi connectivity index (χ2n) is 16.8. The first-order valence-corrected chi connectivity index (χ1v) is 22.0. The van der Waals surface area contributed by atoms with Gasteiger partial charge in [0.25, 0.3) is 0 Å². The average Bonchev–Trinajstić information content (AvgIpc) is 3.28. The minimum atomic E-state index is -0.519. The summed E-state index contributed by atoms with van der Waals surface area (Å²) in [6.07, 6.45) is 11.0. The van der Waals surface area contributed by atoms with Crippen LogP contribution in [0.15, 0.2) is 87.0 Å². The molecule has 0 saturated heterocycles. The number of benzene rings is 2. The van der Waals surface area contributed by atoms with Gasteiger partial charge in [-0.3, -0.25) is 0 Å². The molecule has 6 atom stereocenters. The van der Waals surface area contributed by atoms with Crippen molar-refractivity contribution in [2.75, 3.05) is 26.4 Å². The minimum Gasteiger partial charge on any atom is -0.490 e. The predicted octanol–water partition coefficient (Wildman–Crippen LogP) is 9.02. The Balaban J connectivity index is 1.53. The maximum atomic E-state index is 12.1. The van der Waals surface area contributed by atoms with Gasteiger partial charge in [0, 0.05) is 36.4 Å². The molecule has 12 heteroatoms. The molecular formula is C50H64O12. The number of carbonyl (C=O) groups is 4. The summed E-state index contributed by atoms with van der Waals surface area (Å²) in [5.41, 5.74) is 1.75. The molecule has 2 aromatic rings. The van der Waals surface area contributed by atoms with E-state index in [4.69, 9.17) is 37.9 Å². The first kappa shape index (κ1) is 47.5. The Bertz CT molecular complexity index is 1820. The van der Waals surface area contributed by atoms with Crippen LogP contribution in [0.3, 0.4) is 0 Å². The van der Waals surface area contributed by atoms with E-state index in [0.29, 0.717) is 60.5 Å².